The second-order valence-corrected chi connectivity index (χ2v) is 19.4. The first-order chi connectivity index (χ1) is 23.0. The number of nitro groups is 1. The normalized spacial score (nSPS) is 13.1. The number of benzene rings is 4. The fourth-order valence-corrected chi connectivity index (χ4v) is 9.91. The van der Waals surface area contributed by atoms with E-state index in [1.807, 2.05) is 0 Å². The number of phenols is 1. The molecule has 0 spiro atoms. The minimum atomic E-state index is -4.59. The molecular formula is C29H30ClN5O11S4. The molecule has 0 radical (unpaired) electrons. The van der Waals surface area contributed by atoms with Crippen molar-refractivity contribution in [1.82, 2.24) is 4.31 Å². The molecule has 0 unspecified atom stereocenters. The van der Waals surface area contributed by atoms with Crippen LogP contribution in [0.5, 0.6) is 5.75 Å². The number of nitrogens with zero attached hydrogens (tertiary/aromatic N) is 4. The molecule has 4 rings (SSSR count). The summed E-state index contributed by atoms with van der Waals surface area (Å²) in [5.41, 5.74) is -1.56. The molecule has 0 aliphatic rings. The van der Waals surface area contributed by atoms with Crippen molar-refractivity contribution in [3.8, 4) is 5.75 Å². The van der Waals surface area contributed by atoms with Gasteiger partial charge in [0.1, 0.15) is 21.2 Å². The van der Waals surface area contributed by atoms with Crippen LogP contribution in [0, 0.1) is 10.1 Å². The van der Waals surface area contributed by atoms with Crippen LogP contribution in [0.15, 0.2) is 96.5 Å². The zero-order valence-corrected chi connectivity index (χ0v) is 30.9. The molecule has 0 heterocycles. The number of rotatable bonds is 12. The molecule has 0 fully saturated rings. The second-order valence-electron chi connectivity index (χ2n) is 11.4. The van der Waals surface area contributed by atoms with Gasteiger partial charge in [0.05, 0.1) is 26.1 Å². The average molecular weight is 788 g/mol. The van der Waals surface area contributed by atoms with Crippen molar-refractivity contribution >= 4 is 83.1 Å². The summed E-state index contributed by atoms with van der Waals surface area (Å²) in [5, 5.41) is 30.4. The fourth-order valence-electron chi connectivity index (χ4n) is 5.15. The van der Waals surface area contributed by atoms with Crippen LogP contribution < -0.4 is 4.72 Å². The first-order valence-electron chi connectivity index (χ1n) is 14.3. The molecule has 0 saturated heterocycles. The third-order valence-corrected chi connectivity index (χ3v) is 13.2. The van der Waals surface area contributed by atoms with Gasteiger partial charge in [-0.05, 0) is 64.1 Å². The summed E-state index contributed by atoms with van der Waals surface area (Å²) >= 11 is 0. The number of phenolic OH excluding ortho intramolecular Hbond substituents is 1. The van der Waals surface area contributed by atoms with Crippen molar-refractivity contribution in [2.24, 2.45) is 10.2 Å². The number of sulfone groups is 1. The van der Waals surface area contributed by atoms with Gasteiger partial charge in [0, 0.05) is 51.9 Å². The van der Waals surface area contributed by atoms with E-state index in [9.17, 15) is 48.9 Å². The van der Waals surface area contributed by atoms with Crippen LogP contribution in [-0.4, -0.2) is 66.3 Å². The zero-order valence-electron chi connectivity index (χ0n) is 26.8. The van der Waals surface area contributed by atoms with E-state index >= 15 is 0 Å². The average Bonchev–Trinajstić information content (AvgIpc) is 2.99. The van der Waals surface area contributed by atoms with Gasteiger partial charge in [-0.3, -0.25) is 14.8 Å². The van der Waals surface area contributed by atoms with Gasteiger partial charge in [-0.1, -0.05) is 18.2 Å². The minimum Gasteiger partial charge on any atom is -0.506 e. The maximum absolute atomic E-state index is 14.0. The standard InChI is InChI=1S/C29H30ClN5O11S4/c1-17(2)34(18(3)4)50(45,46)27-16-25(32-31-23-13-12-19(35(37)38)14-26(23)47(5,39)40)28-22(29(27)36)10-7-11-24(28)33-49(43,44)21-9-6-8-20(15-21)48(30,41)42/h6-18,33,36H,1-5H3/b32-31+. The van der Waals surface area contributed by atoms with Gasteiger partial charge in [0.15, 0.2) is 9.84 Å². The summed E-state index contributed by atoms with van der Waals surface area (Å²) in [4.78, 5) is 8.29. The van der Waals surface area contributed by atoms with Gasteiger partial charge in [-0.15, -0.1) is 10.2 Å². The summed E-state index contributed by atoms with van der Waals surface area (Å²) in [5.74, 6) is -0.770. The topological polar surface area (TPSA) is 240 Å². The van der Waals surface area contributed by atoms with Gasteiger partial charge in [-0.2, -0.15) is 4.31 Å². The van der Waals surface area contributed by atoms with Crippen molar-refractivity contribution in [2.45, 2.75) is 59.4 Å². The smallest absolute Gasteiger partial charge is 0.270 e. The molecule has 50 heavy (non-hydrogen) atoms. The molecule has 0 bridgehead atoms. The summed E-state index contributed by atoms with van der Waals surface area (Å²) in [7, 11) is -12.1. The van der Waals surface area contributed by atoms with Crippen LogP contribution in [0.25, 0.3) is 10.8 Å². The highest BCUT2D eigenvalue weighted by Crippen LogP contribution is 2.44. The van der Waals surface area contributed by atoms with Gasteiger partial charge in [-0.25, -0.2) is 33.7 Å². The number of halogens is 1. The maximum Gasteiger partial charge on any atom is 0.270 e. The van der Waals surface area contributed by atoms with E-state index in [0.717, 1.165) is 59.1 Å². The van der Waals surface area contributed by atoms with Gasteiger partial charge in [0.2, 0.25) is 10.0 Å². The Bertz CT molecular complexity index is 2500. The molecule has 2 N–H and O–H groups in total. The van der Waals surface area contributed by atoms with Crippen LogP contribution in [-0.2, 0) is 38.9 Å². The van der Waals surface area contributed by atoms with Crippen LogP contribution in [0.2, 0.25) is 0 Å². The van der Waals surface area contributed by atoms with Crippen LogP contribution >= 0.6 is 10.7 Å². The Morgan fingerprint density at radius 1 is 0.800 bits per heavy atom. The third-order valence-electron chi connectivity index (χ3n) is 7.11. The molecule has 0 atom stereocenters. The van der Waals surface area contributed by atoms with Crippen molar-refractivity contribution in [3.05, 3.63) is 76.8 Å². The summed E-state index contributed by atoms with van der Waals surface area (Å²) in [6.45, 7) is 6.48. The lowest BCUT2D eigenvalue weighted by molar-refractivity contribution is -0.385. The van der Waals surface area contributed by atoms with Gasteiger partial charge < -0.3 is 5.11 Å². The number of non-ortho nitro benzene ring substituents is 1. The molecule has 16 nitrogen and oxygen atoms in total. The molecular weight excluding hydrogens is 758 g/mol. The summed E-state index contributed by atoms with van der Waals surface area (Å²) in [6.07, 6.45) is 0.787. The van der Waals surface area contributed by atoms with E-state index in [2.05, 4.69) is 15.0 Å². The van der Waals surface area contributed by atoms with Crippen molar-refractivity contribution in [2.75, 3.05) is 11.0 Å². The van der Waals surface area contributed by atoms with Crippen LogP contribution in [0.4, 0.5) is 22.7 Å². The highest BCUT2D eigenvalue weighted by Gasteiger charge is 2.34. The minimum absolute atomic E-state index is 0.194. The highest BCUT2D eigenvalue weighted by atomic mass is 35.7. The first-order valence-corrected chi connectivity index (χ1v) is 21.4. The second kappa shape index (κ2) is 13.8. The quantitative estimate of drug-likeness (QED) is 0.0751. The Kier molecular flexibility index (Phi) is 10.7. The number of hydrogen-bond acceptors (Lipinski definition) is 13. The predicted octanol–water partition coefficient (Wildman–Crippen LogP) is 5.81. The van der Waals surface area contributed by atoms with Crippen molar-refractivity contribution < 1.29 is 43.7 Å². The maximum atomic E-state index is 14.0. The molecule has 0 aliphatic carbocycles. The van der Waals surface area contributed by atoms with E-state index in [1.54, 1.807) is 27.7 Å². The number of fused-ring (bicyclic) bond motifs is 1. The first kappa shape index (κ1) is 38.6. The molecule has 0 aliphatic heterocycles. The van der Waals surface area contributed by atoms with Gasteiger partial charge >= 0.3 is 0 Å². The Balaban J connectivity index is 2.06. The molecule has 4 aromatic rings. The van der Waals surface area contributed by atoms with E-state index in [1.165, 1.54) is 18.2 Å². The summed E-state index contributed by atoms with van der Waals surface area (Å²) in [6, 6.07) is 10.5. The number of nitro benzene ring substituents is 1. The molecule has 0 aromatic heterocycles. The lowest BCUT2D eigenvalue weighted by Gasteiger charge is -2.30. The zero-order chi connectivity index (χ0) is 37.6. The lowest BCUT2D eigenvalue weighted by Crippen LogP contribution is -2.41. The molecule has 268 valence electrons. The fraction of sp³-hybridized carbons (Fsp3) is 0.241. The number of anilines is 1. The predicted molar refractivity (Wildman–Crippen MR) is 186 cm³/mol. The molecule has 21 heteroatoms. The number of nitrogens with one attached hydrogen (secondary N) is 1. The van der Waals surface area contributed by atoms with Crippen molar-refractivity contribution in [1.29, 1.82) is 0 Å². The van der Waals surface area contributed by atoms with E-state index in [4.69, 9.17) is 10.7 Å². The lowest BCUT2D eigenvalue weighted by atomic mass is 10.1. The Hall–Kier alpha value is -4.21. The Morgan fingerprint density at radius 3 is 1.94 bits per heavy atom. The number of sulfonamides is 2. The van der Waals surface area contributed by atoms with Crippen molar-refractivity contribution in [3.63, 3.8) is 0 Å². The highest BCUT2D eigenvalue weighted by molar-refractivity contribution is 8.13. The van der Waals surface area contributed by atoms with Crippen LogP contribution in [0.1, 0.15) is 27.7 Å². The number of aromatic hydroxyl groups is 1. The molecule has 0 amide bonds. The van der Waals surface area contributed by atoms with E-state index < -0.39 is 87.0 Å². The van der Waals surface area contributed by atoms with E-state index in [0.29, 0.717) is 0 Å². The SMILES string of the molecule is CC(C)N(C(C)C)S(=O)(=O)c1cc(/N=N/c2ccc([N+](=O)[O-])cc2S(C)(=O)=O)c2c(NS(=O)(=O)c3cccc(S(=O)(=O)Cl)c3)cccc2c1O. The van der Waals surface area contributed by atoms with Gasteiger partial charge in [0.25, 0.3) is 24.8 Å². The molecule has 4 aromatic carbocycles. The van der Waals surface area contributed by atoms with Crippen LogP contribution in [0.3, 0.4) is 0 Å². The molecule has 0 saturated carbocycles. The Labute approximate surface area is 293 Å². The summed E-state index contributed by atoms with van der Waals surface area (Å²) < 4.78 is 107. The monoisotopic (exact) mass is 787 g/mol. The largest absolute Gasteiger partial charge is 0.506 e. The van der Waals surface area contributed by atoms with E-state index in [-0.39, 0.29) is 27.8 Å². The number of hydrogen-bond donors (Lipinski definition) is 2. The third kappa shape index (κ3) is 7.89. The Morgan fingerprint density at radius 2 is 1.38 bits per heavy atom. The number of azo groups is 1.